The first-order valence-corrected chi connectivity index (χ1v) is 7.13. The highest BCUT2D eigenvalue weighted by Crippen LogP contribution is 2.36. The molecule has 0 bridgehead atoms. The van der Waals surface area contributed by atoms with Gasteiger partial charge in [0.05, 0.1) is 18.0 Å². The van der Waals surface area contributed by atoms with Crippen LogP contribution in [0.15, 0.2) is 22.1 Å². The second-order valence-electron chi connectivity index (χ2n) is 4.80. The molecule has 4 N–H and O–H groups in total. The number of aliphatic hydroxyl groups is 2. The molecule has 1 fully saturated rings. The lowest BCUT2D eigenvalue weighted by atomic mass is 10.1. The molecule has 0 aromatic carbocycles. The smallest absolute Gasteiger partial charge is 0.164 e. The van der Waals surface area contributed by atoms with Gasteiger partial charge in [-0.05, 0) is 21.5 Å². The summed E-state index contributed by atoms with van der Waals surface area (Å²) in [4.78, 5) is 10.7. The van der Waals surface area contributed by atoms with E-state index in [9.17, 15) is 10.2 Å². The van der Waals surface area contributed by atoms with Crippen LogP contribution in [-0.2, 0) is 4.74 Å². The van der Waals surface area contributed by atoms with Crippen molar-refractivity contribution < 1.29 is 14.9 Å². The molecule has 116 valence electrons. The van der Waals surface area contributed by atoms with Gasteiger partial charge < -0.3 is 25.3 Å². The van der Waals surface area contributed by atoms with Crippen LogP contribution in [0, 0.1) is 0 Å². The number of nitrogens with two attached hydrogens (primary N) is 1. The Kier molecular flexibility index (Phi) is 3.89. The second-order valence-corrected chi connectivity index (χ2v) is 5.66. The lowest BCUT2D eigenvalue weighted by Crippen LogP contribution is -2.32. The van der Waals surface area contributed by atoms with Gasteiger partial charge in [-0.1, -0.05) is 5.11 Å². The summed E-state index contributed by atoms with van der Waals surface area (Å²) in [6.45, 7) is -0.0806. The summed E-state index contributed by atoms with van der Waals surface area (Å²) in [6, 6.07) is 0. The van der Waals surface area contributed by atoms with Crippen molar-refractivity contribution >= 4 is 32.8 Å². The molecule has 4 atom stereocenters. The van der Waals surface area contributed by atoms with Crippen LogP contribution in [0.3, 0.4) is 0 Å². The van der Waals surface area contributed by atoms with Crippen LogP contribution in [0.5, 0.6) is 0 Å². The molecule has 0 aliphatic carbocycles. The van der Waals surface area contributed by atoms with Crippen LogP contribution in [0.4, 0.5) is 5.82 Å². The van der Waals surface area contributed by atoms with Crippen LogP contribution >= 0.6 is 15.9 Å². The molecule has 1 aliphatic heterocycles. The number of rotatable bonds is 3. The standard InChI is InChI=1S/C11H12BrN7O3/c12-4-2-19(10-6(4)9(13)15-3-16-10)11-8(21)7(20)5(22-11)1-17-18-14/h2-3,5,7-8,11,20-21H,1H2,(H2,13,15,16)/t5-,7-,8-,11?/m1/s1. The van der Waals surface area contributed by atoms with E-state index in [1.165, 1.54) is 6.33 Å². The Morgan fingerprint density at radius 2 is 2.23 bits per heavy atom. The Bertz CT molecular complexity index is 759. The zero-order valence-electron chi connectivity index (χ0n) is 11.1. The number of nitrogens with zero attached hydrogens (tertiary/aromatic N) is 6. The molecular formula is C11H12BrN7O3. The number of aliphatic hydroxyl groups excluding tert-OH is 2. The fourth-order valence-electron chi connectivity index (χ4n) is 2.48. The molecule has 0 spiro atoms. The maximum absolute atomic E-state index is 10.2. The quantitative estimate of drug-likeness (QED) is 0.410. The van der Waals surface area contributed by atoms with Gasteiger partial charge in [-0.3, -0.25) is 0 Å². The summed E-state index contributed by atoms with van der Waals surface area (Å²) in [5.41, 5.74) is 14.6. The molecule has 0 saturated carbocycles. The molecule has 3 rings (SSSR count). The van der Waals surface area contributed by atoms with Gasteiger partial charge in [0.2, 0.25) is 0 Å². The highest BCUT2D eigenvalue weighted by atomic mass is 79.9. The maximum Gasteiger partial charge on any atom is 0.164 e. The van der Waals surface area contributed by atoms with Gasteiger partial charge in [-0.2, -0.15) is 0 Å². The first-order chi connectivity index (χ1) is 10.5. The summed E-state index contributed by atoms with van der Waals surface area (Å²) >= 11 is 3.36. The molecule has 2 aromatic heterocycles. The number of ether oxygens (including phenoxy) is 1. The summed E-state index contributed by atoms with van der Waals surface area (Å²) in [6.07, 6.45) is -1.10. The topological polar surface area (TPSA) is 155 Å². The number of hydrogen-bond donors (Lipinski definition) is 3. The molecular weight excluding hydrogens is 358 g/mol. The normalized spacial score (nSPS) is 28.0. The Morgan fingerprint density at radius 3 is 2.95 bits per heavy atom. The van der Waals surface area contributed by atoms with E-state index in [2.05, 4.69) is 35.9 Å². The molecule has 10 nitrogen and oxygen atoms in total. The predicted octanol–water partition coefficient (Wildman–Crippen LogP) is 0.706. The van der Waals surface area contributed by atoms with Crippen LogP contribution in [0.1, 0.15) is 6.23 Å². The van der Waals surface area contributed by atoms with Crippen LogP contribution in [0.25, 0.3) is 21.5 Å². The Morgan fingerprint density at radius 1 is 1.45 bits per heavy atom. The number of fused-ring (bicyclic) bond motifs is 1. The average molecular weight is 370 g/mol. The van der Waals surface area contributed by atoms with E-state index in [-0.39, 0.29) is 12.4 Å². The number of nitrogen functional groups attached to an aromatic ring is 1. The van der Waals surface area contributed by atoms with Crippen LogP contribution in [0.2, 0.25) is 0 Å². The number of azide groups is 1. The van der Waals surface area contributed by atoms with Gasteiger partial charge in [-0.25, -0.2) is 9.97 Å². The number of hydrogen-bond acceptors (Lipinski definition) is 7. The van der Waals surface area contributed by atoms with E-state index in [0.29, 0.717) is 15.5 Å². The second kappa shape index (κ2) is 5.71. The van der Waals surface area contributed by atoms with Crippen molar-refractivity contribution in [1.82, 2.24) is 14.5 Å². The first kappa shape index (κ1) is 15.0. The largest absolute Gasteiger partial charge is 0.388 e. The molecule has 0 amide bonds. The van der Waals surface area contributed by atoms with E-state index in [1.54, 1.807) is 10.8 Å². The Hall–Kier alpha value is -1.91. The molecule has 22 heavy (non-hydrogen) atoms. The van der Waals surface area contributed by atoms with Crippen molar-refractivity contribution in [1.29, 1.82) is 0 Å². The van der Waals surface area contributed by atoms with Crippen molar-refractivity contribution in [3.63, 3.8) is 0 Å². The van der Waals surface area contributed by atoms with Crippen molar-refractivity contribution in [3.8, 4) is 0 Å². The molecule has 1 aliphatic rings. The first-order valence-electron chi connectivity index (χ1n) is 6.33. The van der Waals surface area contributed by atoms with Crippen molar-refractivity contribution in [2.45, 2.75) is 24.5 Å². The average Bonchev–Trinajstić information content (AvgIpc) is 2.97. The van der Waals surface area contributed by atoms with Crippen molar-refractivity contribution in [2.75, 3.05) is 12.3 Å². The summed E-state index contributed by atoms with van der Waals surface area (Å²) in [7, 11) is 0. The van der Waals surface area contributed by atoms with Gasteiger partial charge in [0.15, 0.2) is 6.23 Å². The summed E-state index contributed by atoms with van der Waals surface area (Å²) in [5.74, 6) is 0.286. The minimum Gasteiger partial charge on any atom is -0.388 e. The van der Waals surface area contributed by atoms with Crippen molar-refractivity contribution in [3.05, 3.63) is 27.4 Å². The third-order valence-corrected chi connectivity index (χ3v) is 4.13. The Balaban J connectivity index is 2.01. The third-order valence-electron chi connectivity index (χ3n) is 3.53. The van der Waals surface area contributed by atoms with Gasteiger partial charge in [0.25, 0.3) is 0 Å². The monoisotopic (exact) mass is 369 g/mol. The van der Waals surface area contributed by atoms with E-state index < -0.39 is 24.5 Å². The van der Waals surface area contributed by atoms with E-state index in [4.69, 9.17) is 16.0 Å². The zero-order valence-corrected chi connectivity index (χ0v) is 12.7. The molecule has 2 aromatic rings. The number of aromatic nitrogens is 3. The fraction of sp³-hybridized carbons (Fsp3) is 0.455. The molecule has 11 heteroatoms. The number of anilines is 1. The van der Waals surface area contributed by atoms with Gasteiger partial charge >= 0.3 is 0 Å². The zero-order chi connectivity index (χ0) is 15.9. The molecule has 1 unspecified atom stereocenters. The van der Waals surface area contributed by atoms with Gasteiger partial charge in [-0.15, -0.1) is 0 Å². The van der Waals surface area contributed by atoms with Crippen LogP contribution in [-0.4, -0.2) is 49.6 Å². The predicted molar refractivity (Wildman–Crippen MR) is 79.6 cm³/mol. The Labute approximate surface area is 132 Å². The van der Waals surface area contributed by atoms with Gasteiger partial charge in [0.1, 0.15) is 30.0 Å². The minimum absolute atomic E-state index is 0.0806. The van der Waals surface area contributed by atoms with Gasteiger partial charge in [0, 0.05) is 15.6 Å². The lowest BCUT2D eigenvalue weighted by molar-refractivity contribution is -0.0318. The summed E-state index contributed by atoms with van der Waals surface area (Å²) < 4.78 is 7.81. The van der Waals surface area contributed by atoms with E-state index >= 15 is 0 Å². The molecule has 1 saturated heterocycles. The van der Waals surface area contributed by atoms with E-state index in [1.807, 2.05) is 0 Å². The van der Waals surface area contributed by atoms with E-state index in [0.717, 1.165) is 0 Å². The maximum atomic E-state index is 10.2. The minimum atomic E-state index is -1.20. The molecule has 0 radical (unpaired) electrons. The third kappa shape index (κ3) is 2.28. The SMILES string of the molecule is [N-]=[N+]=NC[C@H]1OC(n2cc(Br)c3c(N)ncnc32)[C@H](O)[C@@H]1O. The van der Waals surface area contributed by atoms with Crippen LogP contribution < -0.4 is 5.73 Å². The van der Waals surface area contributed by atoms with Crippen molar-refractivity contribution in [2.24, 2.45) is 5.11 Å². The lowest BCUT2D eigenvalue weighted by Gasteiger charge is -2.17. The fourth-order valence-corrected chi connectivity index (χ4v) is 3.08. The summed E-state index contributed by atoms with van der Waals surface area (Å²) in [5, 5.41) is 24.2. The molecule has 3 heterocycles. The highest BCUT2D eigenvalue weighted by molar-refractivity contribution is 9.10. The highest BCUT2D eigenvalue weighted by Gasteiger charge is 2.43. The number of halogens is 1.